The molecule has 2 saturated heterocycles. The number of carboxylic acids is 2. The number of ether oxygens (including phenoxy) is 4. The lowest BCUT2D eigenvalue weighted by atomic mass is 9.97. The van der Waals surface area contributed by atoms with Crippen LogP contribution in [0.5, 0.6) is 0 Å². The van der Waals surface area contributed by atoms with Crippen molar-refractivity contribution in [1.82, 2.24) is 46.8 Å². The molecule has 0 radical (unpaired) electrons. The Morgan fingerprint density at radius 3 is 2.16 bits per heavy atom. The lowest BCUT2D eigenvalue weighted by Crippen LogP contribution is -2.66. The third-order valence-corrected chi connectivity index (χ3v) is 11.6. The van der Waals surface area contributed by atoms with Crippen molar-refractivity contribution in [3.63, 3.8) is 0 Å². The number of aliphatic hydroxyl groups is 4. The van der Waals surface area contributed by atoms with E-state index in [-0.39, 0.29) is 45.0 Å². The zero-order valence-electron chi connectivity index (χ0n) is 38.8. The van der Waals surface area contributed by atoms with E-state index < -0.39 is 150 Å². The van der Waals surface area contributed by atoms with Crippen molar-refractivity contribution in [3.05, 3.63) is 33.1 Å². The van der Waals surface area contributed by atoms with Gasteiger partial charge in [0, 0.05) is 45.9 Å². The van der Waals surface area contributed by atoms with Crippen LogP contribution in [0, 0.1) is 11.8 Å². The van der Waals surface area contributed by atoms with E-state index in [9.17, 15) is 69.0 Å². The molecule has 1 aromatic rings. The molecular weight excluding hydrogens is 922 g/mol. The van der Waals surface area contributed by atoms with E-state index in [4.69, 9.17) is 24.7 Å². The number of carbonyl (C=O) groups excluding carboxylic acids is 4. The Labute approximate surface area is 394 Å². The van der Waals surface area contributed by atoms with Gasteiger partial charge >= 0.3 is 23.7 Å². The zero-order valence-corrected chi connectivity index (χ0v) is 38.8. The third-order valence-electron chi connectivity index (χ3n) is 11.6. The normalized spacial score (nSPS) is 27.2. The fourth-order valence-corrected chi connectivity index (χ4v) is 7.80. The SMILES string of the molecule is CO[C@@H]1C(OC(C(NCCCNC(=O)C(NC(=O)C(NC(=O)NC(C(=O)O)C(C)C)C2CCN=C(N)N2)C(O)C(C)C)C(=O)O)[C@H]2O[C@@H](n3ccc(=O)[nH]c3=O)[C@H](O)[C@H]2O)O[C@H](CNC(C)=O)[C@@H]1O. The number of amides is 5. The molecule has 2 fully saturated rings. The van der Waals surface area contributed by atoms with Crippen LogP contribution < -0.4 is 54.2 Å². The number of aromatic amines is 1. The number of nitrogens with one attached hydrogen (secondary N) is 8. The van der Waals surface area contributed by atoms with Gasteiger partial charge in [0.25, 0.3) is 5.56 Å². The minimum Gasteiger partial charge on any atom is -0.480 e. The first-order chi connectivity index (χ1) is 32.5. The number of aliphatic hydroxyl groups excluding tert-OH is 4. The van der Waals surface area contributed by atoms with E-state index in [1.54, 1.807) is 27.7 Å². The van der Waals surface area contributed by atoms with Gasteiger partial charge in [0.05, 0.1) is 12.1 Å². The number of methoxy groups -OCH3 is 1. The first-order valence-electron chi connectivity index (χ1n) is 22.1. The molecule has 5 amide bonds. The Hall–Kier alpha value is -5.79. The fraction of sp³-hybridized carbons (Fsp3) is 0.725. The van der Waals surface area contributed by atoms with Crippen LogP contribution in [0.25, 0.3) is 0 Å². The number of hydrogen-bond acceptors (Lipinski definition) is 20. The maximum Gasteiger partial charge on any atom is 0.330 e. The quantitative estimate of drug-likeness (QED) is 0.0428. The third kappa shape index (κ3) is 14.6. The molecule has 0 spiro atoms. The average molecular weight is 988 g/mol. The molecule has 15 atom stereocenters. The van der Waals surface area contributed by atoms with Crippen molar-refractivity contribution in [2.75, 3.05) is 33.3 Å². The Kier molecular flexibility index (Phi) is 20.4. The molecular formula is C40H65N11O18. The summed E-state index contributed by atoms with van der Waals surface area (Å²) in [6.45, 7) is 7.02. The van der Waals surface area contributed by atoms with E-state index >= 15 is 0 Å². The number of aliphatic imine (C=N–C) groups is 1. The highest BCUT2D eigenvalue weighted by atomic mass is 16.7. The molecule has 16 N–H and O–H groups in total. The molecule has 69 heavy (non-hydrogen) atoms. The summed E-state index contributed by atoms with van der Waals surface area (Å²) in [6.07, 6.45) is -14.9. The second-order valence-electron chi connectivity index (χ2n) is 17.4. The largest absolute Gasteiger partial charge is 0.480 e. The monoisotopic (exact) mass is 987 g/mol. The summed E-state index contributed by atoms with van der Waals surface area (Å²) in [5.74, 6) is -6.39. The van der Waals surface area contributed by atoms with Gasteiger partial charge in [-0.05, 0) is 31.2 Å². The molecule has 388 valence electrons. The highest BCUT2D eigenvalue weighted by molar-refractivity contribution is 5.94. The van der Waals surface area contributed by atoms with Crippen LogP contribution in [0.1, 0.15) is 53.7 Å². The number of carbonyl (C=O) groups is 6. The lowest BCUT2D eigenvalue weighted by Gasteiger charge is -2.34. The van der Waals surface area contributed by atoms with E-state index in [0.29, 0.717) is 0 Å². The smallest absolute Gasteiger partial charge is 0.330 e. The van der Waals surface area contributed by atoms with Gasteiger partial charge in [-0.1, -0.05) is 27.7 Å². The molecule has 0 bridgehead atoms. The maximum absolute atomic E-state index is 13.9. The van der Waals surface area contributed by atoms with Crippen LogP contribution in [0.15, 0.2) is 26.8 Å². The molecule has 4 heterocycles. The minimum atomic E-state index is -1.95. The molecule has 29 heteroatoms. The van der Waals surface area contributed by atoms with Gasteiger partial charge in [0.2, 0.25) is 17.7 Å². The highest BCUT2D eigenvalue weighted by Gasteiger charge is 2.54. The molecule has 3 aliphatic heterocycles. The van der Waals surface area contributed by atoms with Crippen molar-refractivity contribution in [1.29, 1.82) is 0 Å². The standard InChI is InChI=1S/C40H65N11O18/c1-15(2)21(35(60)61)49-39(64)50-22(18-8-12-44-38(41)46-18)33(59)48-23(25(54)16(3)4)32(58)43-11-7-10-42-24(36(62)63)29(69-37-31(66-6)26(55)19(67-37)14-45-17(5)52)30-27(56)28(57)34(68-30)51-13-9-20(53)47-40(51)65/h9,13,15-16,18-19,21-31,34,37,42,54-57H,7-8,10-12,14H2,1-6H3,(H,43,58)(H,45,52)(H,48,59)(H,60,61)(H,62,63)(H3,41,44,46)(H,47,53,65)(H2,49,50,64)/t18?,19-,21?,22?,23?,24?,25?,26+,27-,28-,29?,30+,31+,34-,37?/m1/s1. The van der Waals surface area contributed by atoms with Crippen LogP contribution in [0.2, 0.25) is 0 Å². The maximum atomic E-state index is 13.9. The van der Waals surface area contributed by atoms with Crippen LogP contribution in [-0.2, 0) is 42.9 Å². The summed E-state index contributed by atoms with van der Waals surface area (Å²) in [7, 11) is 1.20. The Morgan fingerprint density at radius 1 is 0.899 bits per heavy atom. The number of nitrogens with zero attached hydrogens (tertiary/aromatic N) is 2. The van der Waals surface area contributed by atoms with Gasteiger partial charge in [-0.2, -0.15) is 0 Å². The summed E-state index contributed by atoms with van der Waals surface area (Å²) in [5, 5.41) is 82.4. The molecule has 3 aliphatic rings. The van der Waals surface area contributed by atoms with Crippen molar-refractivity contribution in [2.24, 2.45) is 22.6 Å². The first-order valence-corrected chi connectivity index (χ1v) is 22.1. The van der Waals surface area contributed by atoms with E-state index in [0.717, 1.165) is 16.8 Å². The van der Waals surface area contributed by atoms with Gasteiger partial charge in [0.1, 0.15) is 66.9 Å². The number of nitrogens with two attached hydrogens (primary N) is 1. The molecule has 29 nitrogen and oxygen atoms in total. The van der Waals surface area contributed by atoms with Gasteiger partial charge in [-0.25, -0.2) is 14.4 Å². The number of hydrogen-bond donors (Lipinski definition) is 15. The summed E-state index contributed by atoms with van der Waals surface area (Å²) in [4.78, 5) is 108. The van der Waals surface area contributed by atoms with Gasteiger partial charge in [0.15, 0.2) is 18.5 Å². The van der Waals surface area contributed by atoms with E-state index in [1.807, 2.05) is 4.98 Å². The highest BCUT2D eigenvalue weighted by Crippen LogP contribution is 2.35. The molecule has 0 aliphatic carbocycles. The predicted molar refractivity (Wildman–Crippen MR) is 236 cm³/mol. The number of H-pyrrole nitrogens is 1. The van der Waals surface area contributed by atoms with Crippen LogP contribution >= 0.6 is 0 Å². The van der Waals surface area contributed by atoms with Crippen molar-refractivity contribution < 1.29 is 78.4 Å². The second-order valence-corrected chi connectivity index (χ2v) is 17.4. The number of aliphatic carboxylic acids is 2. The van der Waals surface area contributed by atoms with Gasteiger partial charge in [-0.3, -0.25) is 38.5 Å². The van der Waals surface area contributed by atoms with Crippen molar-refractivity contribution >= 4 is 41.7 Å². The topological polar surface area (TPSA) is 438 Å². The Morgan fingerprint density at radius 2 is 1.58 bits per heavy atom. The number of urea groups is 1. The van der Waals surface area contributed by atoms with Crippen molar-refractivity contribution in [3.8, 4) is 0 Å². The van der Waals surface area contributed by atoms with Crippen LogP contribution in [0.3, 0.4) is 0 Å². The zero-order chi connectivity index (χ0) is 51.4. The van der Waals surface area contributed by atoms with Crippen LogP contribution in [-0.4, -0.2) is 200 Å². The van der Waals surface area contributed by atoms with Gasteiger partial charge < -0.3 is 92.5 Å². The average Bonchev–Trinajstić information content (AvgIpc) is 3.74. The van der Waals surface area contributed by atoms with Gasteiger partial charge in [-0.15, -0.1) is 0 Å². The number of guanidine groups is 1. The summed E-state index contributed by atoms with van der Waals surface area (Å²) in [6, 6.07) is -7.22. The molecule has 4 rings (SSSR count). The summed E-state index contributed by atoms with van der Waals surface area (Å²) in [5.41, 5.74) is 4.04. The van der Waals surface area contributed by atoms with Crippen molar-refractivity contribution in [2.45, 2.75) is 139 Å². The summed E-state index contributed by atoms with van der Waals surface area (Å²) < 4.78 is 24.0. The lowest BCUT2D eigenvalue weighted by molar-refractivity contribution is -0.231. The first kappa shape index (κ1) is 55.8. The minimum absolute atomic E-state index is 0.0412. The van der Waals surface area contributed by atoms with E-state index in [2.05, 4.69) is 42.2 Å². The molecule has 8 unspecified atom stereocenters. The fourth-order valence-electron chi connectivity index (χ4n) is 7.80. The number of aromatic nitrogens is 2. The van der Waals surface area contributed by atoms with E-state index in [1.165, 1.54) is 14.0 Å². The predicted octanol–water partition coefficient (Wildman–Crippen LogP) is -6.72. The molecule has 1 aromatic heterocycles. The number of rotatable bonds is 24. The molecule has 0 saturated carbocycles. The summed E-state index contributed by atoms with van der Waals surface area (Å²) >= 11 is 0. The Balaban J connectivity index is 1.52. The van der Waals surface area contributed by atoms with Crippen LogP contribution in [0.4, 0.5) is 4.79 Å². The molecule has 0 aromatic carbocycles. The second kappa shape index (κ2) is 25.2. The number of carboxylic acid groups (broad SMARTS) is 2. The Bertz CT molecular complexity index is 2110.